The smallest absolute Gasteiger partial charge is 0.142 e. The minimum absolute atomic E-state index is 0.00463. The van der Waals surface area contributed by atoms with Crippen LogP contribution in [0.4, 0.5) is 0 Å². The zero-order chi connectivity index (χ0) is 8.15. The lowest BCUT2D eigenvalue weighted by Crippen LogP contribution is -1.71. The van der Waals surface area contributed by atoms with E-state index < -0.39 is 16.1 Å². The lowest BCUT2D eigenvalue weighted by atomic mass is 11.3. The second-order valence-electron chi connectivity index (χ2n) is 1.30. The molecule has 10 heavy (non-hydrogen) atoms. The molecule has 56 valence electrons. The van der Waals surface area contributed by atoms with Gasteiger partial charge < -0.3 is 0 Å². The van der Waals surface area contributed by atoms with Gasteiger partial charge in [0, 0.05) is 6.58 Å². The monoisotopic (exact) mass is 182 g/mol. The first kappa shape index (κ1) is 9.86. The van der Waals surface area contributed by atoms with E-state index in [0.717, 1.165) is 0 Å². The fraction of sp³-hybridized carbons (Fsp3) is 0.500. The van der Waals surface area contributed by atoms with E-state index in [4.69, 9.17) is 0 Å². The molecule has 0 saturated heterocycles. The van der Waals surface area contributed by atoms with Crippen molar-refractivity contribution in [2.75, 3.05) is 14.2 Å². The van der Waals surface area contributed by atoms with Crippen LogP contribution in [0.1, 0.15) is 0 Å². The van der Waals surface area contributed by atoms with Gasteiger partial charge in [-0.2, -0.15) is 0 Å². The van der Waals surface area contributed by atoms with Crippen LogP contribution in [-0.4, -0.2) is 14.2 Å². The van der Waals surface area contributed by atoms with Crippen LogP contribution in [0.2, 0.25) is 0 Å². The van der Waals surface area contributed by atoms with Gasteiger partial charge in [-0.05, 0) is 9.13 Å². The second kappa shape index (κ2) is 4.64. The van der Waals surface area contributed by atoms with E-state index in [0.29, 0.717) is 0 Å². The summed E-state index contributed by atoms with van der Waals surface area (Å²) in [5, 5.41) is -0.00463. The predicted octanol–water partition coefficient (Wildman–Crippen LogP) is 2.24. The summed E-state index contributed by atoms with van der Waals surface area (Å²) in [4.78, 5) is 0. The second-order valence-corrected chi connectivity index (χ2v) is 4.49. The molecule has 0 rings (SSSR count). The van der Waals surface area contributed by atoms with Crippen LogP contribution in [0.25, 0.3) is 0 Å². The van der Waals surface area contributed by atoms with Crippen molar-refractivity contribution in [3.05, 3.63) is 11.6 Å². The molecule has 0 spiro atoms. The molecule has 0 radical (unpaired) electrons. The maximum Gasteiger partial charge on any atom is 0.601 e. The molecular weight excluding hydrogens is 174 g/mol. The highest BCUT2D eigenvalue weighted by molar-refractivity contribution is 7.65. The molecule has 0 saturated carbocycles. The first-order valence-electron chi connectivity index (χ1n) is 2.35. The minimum atomic E-state index is -2.04. The number of hydrogen-bond donors (Lipinski definition) is 0. The topological polar surface area (TPSA) is 52.6 Å². The molecule has 0 aromatic carbocycles. The quantitative estimate of drug-likeness (QED) is 0.625. The third-order valence-electron chi connectivity index (χ3n) is 0.753. The maximum atomic E-state index is 10.7. The van der Waals surface area contributed by atoms with Crippen LogP contribution in [0.15, 0.2) is 11.6 Å². The first-order chi connectivity index (χ1) is 4.63. The Kier molecular flexibility index (Phi) is 4.58. The molecular formula is C4H8O4P2+2. The molecule has 0 heterocycles. The Balaban J connectivity index is 4.09. The molecule has 0 aromatic heterocycles. The van der Waals surface area contributed by atoms with Crippen LogP contribution in [0, 0.1) is 0 Å². The van der Waals surface area contributed by atoms with Gasteiger partial charge in [0.15, 0.2) is 0 Å². The van der Waals surface area contributed by atoms with Crippen molar-refractivity contribution in [2.24, 2.45) is 0 Å². The summed E-state index contributed by atoms with van der Waals surface area (Å²) in [6, 6.07) is 0. The number of rotatable bonds is 4. The van der Waals surface area contributed by atoms with Crippen molar-refractivity contribution >= 4 is 16.1 Å². The van der Waals surface area contributed by atoms with Gasteiger partial charge in [0.05, 0.1) is 14.2 Å². The molecule has 0 fully saturated rings. The molecule has 2 atom stereocenters. The summed E-state index contributed by atoms with van der Waals surface area (Å²) in [6.07, 6.45) is 0. The van der Waals surface area contributed by atoms with E-state index in [1.807, 2.05) is 0 Å². The van der Waals surface area contributed by atoms with Gasteiger partial charge in [0.2, 0.25) is 0 Å². The van der Waals surface area contributed by atoms with Crippen molar-refractivity contribution in [2.45, 2.75) is 0 Å². The third-order valence-corrected chi connectivity index (χ3v) is 3.24. The molecule has 0 aliphatic rings. The summed E-state index contributed by atoms with van der Waals surface area (Å²) in [5.74, 6) is 0. The Hall–Kier alpha value is -0.140. The van der Waals surface area contributed by atoms with Gasteiger partial charge in [0.25, 0.3) is 0 Å². The standard InChI is InChI=1S/C4H8O4P2/c1-4(9(5)7-2)10(6)8-3/h1H2,2-3H3/q+2. The summed E-state index contributed by atoms with van der Waals surface area (Å²) < 4.78 is 30.1. The Morgan fingerprint density at radius 1 is 1.20 bits per heavy atom. The fourth-order valence-electron chi connectivity index (χ4n) is 0.277. The molecule has 0 aromatic rings. The lowest BCUT2D eigenvalue weighted by molar-refractivity contribution is 0.411. The van der Waals surface area contributed by atoms with Crippen molar-refractivity contribution in [3.8, 4) is 0 Å². The predicted molar refractivity (Wildman–Crippen MR) is 38.4 cm³/mol. The average molecular weight is 182 g/mol. The molecule has 0 N–H and O–H groups in total. The van der Waals surface area contributed by atoms with E-state index in [-0.39, 0.29) is 5.06 Å². The van der Waals surface area contributed by atoms with Crippen molar-refractivity contribution in [1.82, 2.24) is 0 Å². The van der Waals surface area contributed by atoms with Crippen LogP contribution in [0.3, 0.4) is 0 Å². The first-order valence-corrected chi connectivity index (χ1v) is 4.70. The van der Waals surface area contributed by atoms with Gasteiger partial charge in [-0.3, -0.25) is 0 Å². The van der Waals surface area contributed by atoms with E-state index in [1.54, 1.807) is 0 Å². The Morgan fingerprint density at radius 2 is 1.50 bits per heavy atom. The summed E-state index contributed by atoms with van der Waals surface area (Å²) in [6.45, 7) is 3.28. The van der Waals surface area contributed by atoms with Crippen molar-refractivity contribution in [3.63, 3.8) is 0 Å². The van der Waals surface area contributed by atoms with Gasteiger partial charge >= 0.3 is 21.1 Å². The molecule has 6 heteroatoms. The highest BCUT2D eigenvalue weighted by Gasteiger charge is 2.42. The zero-order valence-corrected chi connectivity index (χ0v) is 7.52. The highest BCUT2D eigenvalue weighted by Crippen LogP contribution is 2.47. The molecule has 2 unspecified atom stereocenters. The minimum Gasteiger partial charge on any atom is -0.142 e. The van der Waals surface area contributed by atoms with E-state index in [1.165, 1.54) is 14.2 Å². The molecule has 0 aliphatic carbocycles. The Labute approximate surface area is 61.0 Å². The van der Waals surface area contributed by atoms with Crippen LogP contribution in [0.5, 0.6) is 0 Å². The number of hydrogen-bond acceptors (Lipinski definition) is 4. The van der Waals surface area contributed by atoms with E-state index >= 15 is 0 Å². The third kappa shape index (κ3) is 2.63. The Bertz CT molecular complexity index is 158. The largest absolute Gasteiger partial charge is 0.601 e. The fourth-order valence-corrected chi connectivity index (χ4v) is 1.72. The average Bonchev–Trinajstić information content (AvgIpc) is 2.00. The molecule has 0 amide bonds. The summed E-state index contributed by atoms with van der Waals surface area (Å²) in [7, 11) is -1.57. The summed E-state index contributed by atoms with van der Waals surface area (Å²) >= 11 is 0. The van der Waals surface area contributed by atoms with Crippen molar-refractivity contribution in [1.29, 1.82) is 0 Å². The van der Waals surface area contributed by atoms with E-state index in [9.17, 15) is 9.13 Å². The zero-order valence-electron chi connectivity index (χ0n) is 5.73. The lowest BCUT2D eigenvalue weighted by Gasteiger charge is -1.72. The molecule has 0 bridgehead atoms. The Morgan fingerprint density at radius 3 is 1.70 bits per heavy atom. The van der Waals surface area contributed by atoms with Gasteiger partial charge in [-0.1, -0.05) is 0 Å². The molecule has 4 nitrogen and oxygen atoms in total. The van der Waals surface area contributed by atoms with Crippen LogP contribution < -0.4 is 0 Å². The van der Waals surface area contributed by atoms with Crippen LogP contribution in [-0.2, 0) is 18.2 Å². The normalized spacial score (nSPS) is 12.6. The SMILES string of the molecule is C=C([P+](=O)OC)[P+](=O)OC. The van der Waals surface area contributed by atoms with Crippen molar-refractivity contribution < 1.29 is 18.2 Å². The van der Waals surface area contributed by atoms with Crippen LogP contribution >= 0.6 is 16.1 Å². The van der Waals surface area contributed by atoms with E-state index in [2.05, 4.69) is 15.6 Å². The van der Waals surface area contributed by atoms with Gasteiger partial charge in [-0.15, -0.1) is 9.05 Å². The van der Waals surface area contributed by atoms with Gasteiger partial charge in [-0.25, -0.2) is 0 Å². The maximum absolute atomic E-state index is 10.7. The molecule has 0 aliphatic heterocycles. The van der Waals surface area contributed by atoms with Gasteiger partial charge in [0.1, 0.15) is 0 Å². The summed E-state index contributed by atoms with van der Waals surface area (Å²) in [5.41, 5.74) is 0. The highest BCUT2D eigenvalue weighted by atomic mass is 31.2.